The second kappa shape index (κ2) is 13.8. The van der Waals surface area contributed by atoms with Crippen molar-refractivity contribution in [2.24, 2.45) is 0 Å². The highest BCUT2D eigenvalue weighted by Crippen LogP contribution is 2.02. The van der Waals surface area contributed by atoms with E-state index in [1.807, 2.05) is 5.32 Å². The molecule has 13 heteroatoms. The normalized spacial score (nSPS) is 12.1. The summed E-state index contributed by atoms with van der Waals surface area (Å²) in [5, 5.41) is 35.5. The monoisotopic (exact) mass is 404 g/mol. The summed E-state index contributed by atoms with van der Waals surface area (Å²) in [6, 6.07) is -3.81. The number of urea groups is 1. The number of carboxylic acids is 3. The summed E-state index contributed by atoms with van der Waals surface area (Å²) in [6.07, 6.45) is 0.320. The van der Waals surface area contributed by atoms with Crippen molar-refractivity contribution >= 4 is 36.3 Å². The lowest BCUT2D eigenvalue weighted by Gasteiger charge is -2.18. The van der Waals surface area contributed by atoms with Crippen molar-refractivity contribution in [1.82, 2.24) is 21.3 Å². The van der Waals surface area contributed by atoms with Gasteiger partial charge in [-0.25, -0.2) is 14.4 Å². The molecule has 0 rings (SSSR count). The van der Waals surface area contributed by atoms with Gasteiger partial charge in [-0.05, 0) is 25.7 Å². The van der Waals surface area contributed by atoms with Gasteiger partial charge >= 0.3 is 23.9 Å². The predicted octanol–water partition coefficient (Wildman–Crippen LogP) is -1.91. The van der Waals surface area contributed by atoms with Gasteiger partial charge in [0.25, 0.3) is 0 Å². The maximum atomic E-state index is 11.8. The Balaban J connectivity index is 4.33. The molecule has 4 amide bonds. The number of rotatable bonds is 15. The second-order valence-corrected chi connectivity index (χ2v) is 5.68. The molecule has 0 radical (unpaired) electrons. The number of hydrogen-bond acceptors (Lipinski definition) is 6. The SMILES string of the molecule is O=CNCC(=O)NCCCCC(NC(=O)NC(CCC(=O)O)C(=O)O)C(=O)O. The van der Waals surface area contributed by atoms with Gasteiger partial charge < -0.3 is 36.6 Å². The first-order valence-electron chi connectivity index (χ1n) is 8.35. The topological polar surface area (TPSA) is 211 Å². The number of hydrogen-bond donors (Lipinski definition) is 7. The van der Waals surface area contributed by atoms with Crippen molar-refractivity contribution in [3.63, 3.8) is 0 Å². The summed E-state index contributed by atoms with van der Waals surface area (Å²) in [5.41, 5.74) is 0. The van der Waals surface area contributed by atoms with Crippen molar-refractivity contribution in [1.29, 1.82) is 0 Å². The van der Waals surface area contributed by atoms with Crippen molar-refractivity contribution < 1.29 is 44.1 Å². The molecule has 7 N–H and O–H groups in total. The van der Waals surface area contributed by atoms with E-state index in [4.69, 9.17) is 15.3 Å². The highest BCUT2D eigenvalue weighted by molar-refractivity contribution is 5.86. The zero-order chi connectivity index (χ0) is 21.5. The van der Waals surface area contributed by atoms with E-state index in [0.29, 0.717) is 19.3 Å². The van der Waals surface area contributed by atoms with E-state index in [1.54, 1.807) is 0 Å². The molecule has 0 bridgehead atoms. The molecule has 13 nitrogen and oxygen atoms in total. The molecule has 28 heavy (non-hydrogen) atoms. The van der Waals surface area contributed by atoms with E-state index in [0.717, 1.165) is 0 Å². The van der Waals surface area contributed by atoms with Crippen LogP contribution < -0.4 is 21.3 Å². The third kappa shape index (κ3) is 12.1. The summed E-state index contributed by atoms with van der Waals surface area (Å²) in [4.78, 5) is 65.8. The maximum Gasteiger partial charge on any atom is 0.326 e. The quantitative estimate of drug-likeness (QED) is 0.120. The first-order valence-corrected chi connectivity index (χ1v) is 8.35. The van der Waals surface area contributed by atoms with Crippen LogP contribution >= 0.6 is 0 Å². The van der Waals surface area contributed by atoms with Crippen molar-refractivity contribution in [2.45, 2.75) is 44.2 Å². The van der Waals surface area contributed by atoms with Crippen molar-refractivity contribution in [2.75, 3.05) is 13.1 Å². The lowest BCUT2D eigenvalue weighted by atomic mass is 10.1. The minimum atomic E-state index is -1.47. The number of unbranched alkanes of at least 4 members (excludes halogenated alkanes) is 1. The molecule has 0 aliphatic rings. The van der Waals surface area contributed by atoms with E-state index in [-0.39, 0.29) is 25.9 Å². The predicted molar refractivity (Wildman–Crippen MR) is 92.3 cm³/mol. The first-order chi connectivity index (χ1) is 13.2. The third-order valence-electron chi connectivity index (χ3n) is 3.44. The Morgan fingerprint density at radius 3 is 1.93 bits per heavy atom. The Kier molecular flexibility index (Phi) is 12.1. The molecule has 0 aromatic carbocycles. The van der Waals surface area contributed by atoms with Crippen LogP contribution in [0.25, 0.3) is 0 Å². The molecule has 0 fully saturated rings. The van der Waals surface area contributed by atoms with Crippen LogP contribution in [0.4, 0.5) is 4.79 Å². The fraction of sp³-hybridized carbons (Fsp3) is 0.600. The minimum absolute atomic E-state index is 0.0259. The Hall–Kier alpha value is -3.38. The fourth-order valence-corrected chi connectivity index (χ4v) is 2.04. The largest absolute Gasteiger partial charge is 0.481 e. The van der Waals surface area contributed by atoms with Gasteiger partial charge in [0, 0.05) is 13.0 Å². The van der Waals surface area contributed by atoms with E-state index in [1.165, 1.54) is 0 Å². The van der Waals surface area contributed by atoms with Gasteiger partial charge in [0.1, 0.15) is 12.1 Å². The Labute approximate surface area is 159 Å². The zero-order valence-electron chi connectivity index (χ0n) is 15.0. The van der Waals surface area contributed by atoms with Crippen molar-refractivity contribution in [3.05, 3.63) is 0 Å². The van der Waals surface area contributed by atoms with Crippen molar-refractivity contribution in [3.8, 4) is 0 Å². The number of carbonyl (C=O) groups excluding carboxylic acids is 3. The average molecular weight is 404 g/mol. The average Bonchev–Trinajstić information content (AvgIpc) is 2.61. The molecule has 2 unspecified atom stereocenters. The van der Waals surface area contributed by atoms with Gasteiger partial charge in [-0.15, -0.1) is 0 Å². The molecule has 0 saturated carbocycles. The van der Waals surface area contributed by atoms with Crippen LogP contribution in [-0.4, -0.2) is 76.7 Å². The summed E-state index contributed by atoms with van der Waals surface area (Å²) in [6.45, 7) is 0.0732. The zero-order valence-corrected chi connectivity index (χ0v) is 15.0. The molecular formula is C15H24N4O9. The molecule has 0 spiro atoms. The van der Waals surface area contributed by atoms with E-state index in [2.05, 4.69) is 16.0 Å². The highest BCUT2D eigenvalue weighted by atomic mass is 16.4. The van der Waals surface area contributed by atoms with E-state index in [9.17, 15) is 28.8 Å². The Morgan fingerprint density at radius 2 is 1.43 bits per heavy atom. The van der Waals surface area contributed by atoms with Crippen LogP contribution in [0.1, 0.15) is 32.1 Å². The minimum Gasteiger partial charge on any atom is -0.481 e. The van der Waals surface area contributed by atoms with E-state index >= 15 is 0 Å². The number of aliphatic carboxylic acids is 3. The fourth-order valence-electron chi connectivity index (χ4n) is 2.04. The van der Waals surface area contributed by atoms with Crippen LogP contribution in [0, 0.1) is 0 Å². The molecular weight excluding hydrogens is 380 g/mol. The summed E-state index contributed by atoms with van der Waals surface area (Å²) >= 11 is 0. The molecule has 0 aromatic heterocycles. The van der Waals surface area contributed by atoms with Crippen LogP contribution in [0.2, 0.25) is 0 Å². The van der Waals surface area contributed by atoms with Gasteiger partial charge in [0.15, 0.2) is 0 Å². The molecule has 0 aliphatic carbocycles. The second-order valence-electron chi connectivity index (χ2n) is 5.68. The smallest absolute Gasteiger partial charge is 0.326 e. The lowest BCUT2D eigenvalue weighted by molar-refractivity contribution is -0.140. The maximum absolute atomic E-state index is 11.8. The summed E-state index contributed by atoms with van der Waals surface area (Å²) in [7, 11) is 0. The Morgan fingerprint density at radius 1 is 0.857 bits per heavy atom. The van der Waals surface area contributed by atoms with Gasteiger partial charge in [-0.3, -0.25) is 14.4 Å². The third-order valence-corrected chi connectivity index (χ3v) is 3.44. The molecule has 0 aliphatic heterocycles. The summed E-state index contributed by atoms with van der Waals surface area (Å²) in [5.74, 6) is -4.40. The summed E-state index contributed by atoms with van der Waals surface area (Å²) < 4.78 is 0. The lowest BCUT2D eigenvalue weighted by Crippen LogP contribution is -2.51. The molecule has 0 aromatic rings. The highest BCUT2D eigenvalue weighted by Gasteiger charge is 2.24. The van der Waals surface area contributed by atoms with Crippen LogP contribution in [0.15, 0.2) is 0 Å². The van der Waals surface area contributed by atoms with Gasteiger partial charge in [0.2, 0.25) is 12.3 Å². The van der Waals surface area contributed by atoms with Crippen LogP contribution in [0.5, 0.6) is 0 Å². The number of carboxylic acid groups (broad SMARTS) is 3. The number of nitrogens with one attached hydrogen (secondary N) is 4. The van der Waals surface area contributed by atoms with Gasteiger partial charge in [-0.2, -0.15) is 0 Å². The standard InChI is InChI=1S/C15H24N4O9/c20-8-16-7-11(21)17-6-2-1-3-9(13(24)25)18-15(28)19-10(14(26)27)4-5-12(22)23/h8-10H,1-7H2,(H,16,20)(H,17,21)(H,22,23)(H,24,25)(H,26,27)(H2,18,19,28). The first kappa shape index (κ1) is 24.6. The number of amides is 4. The molecule has 0 heterocycles. The number of carbonyl (C=O) groups is 6. The Bertz CT molecular complexity index is 582. The van der Waals surface area contributed by atoms with Crippen LogP contribution in [-0.2, 0) is 24.0 Å². The molecule has 2 atom stereocenters. The molecule has 0 saturated heterocycles. The van der Waals surface area contributed by atoms with Gasteiger partial charge in [0.05, 0.1) is 6.54 Å². The van der Waals surface area contributed by atoms with Crippen LogP contribution in [0.3, 0.4) is 0 Å². The van der Waals surface area contributed by atoms with Gasteiger partial charge in [-0.1, -0.05) is 0 Å². The van der Waals surface area contributed by atoms with E-state index < -0.39 is 48.4 Å². The molecule has 158 valence electrons.